The maximum absolute atomic E-state index is 12.6. The zero-order valence-electron chi connectivity index (χ0n) is 15.8. The Hall–Kier alpha value is -2.17. The molecule has 0 aliphatic carbocycles. The van der Waals surface area contributed by atoms with Crippen molar-refractivity contribution in [2.75, 3.05) is 25.9 Å². The summed E-state index contributed by atoms with van der Waals surface area (Å²) in [6.07, 6.45) is 2.59. The Bertz CT molecular complexity index is 968. The Balaban J connectivity index is 1.45. The van der Waals surface area contributed by atoms with Crippen LogP contribution in [0.5, 0.6) is 0 Å². The first-order valence-corrected chi connectivity index (χ1v) is 11.1. The van der Waals surface area contributed by atoms with Crippen LogP contribution in [0.4, 0.5) is 0 Å². The molecule has 3 rings (SSSR count). The fourth-order valence-corrected chi connectivity index (χ4v) is 4.63. The Kier molecular flexibility index (Phi) is 6.64. The first-order chi connectivity index (χ1) is 13.0. The first-order valence-electron chi connectivity index (χ1n) is 9.49. The SMILES string of the molecule is CN(CCCCS(=O)(=O)c1ccc2ccccc2c1)CCc1ccccc1. The zero-order chi connectivity index (χ0) is 19.1. The molecule has 3 nitrogen and oxygen atoms in total. The molecule has 3 aromatic rings. The minimum Gasteiger partial charge on any atom is -0.306 e. The van der Waals surface area contributed by atoms with E-state index in [4.69, 9.17) is 0 Å². The number of sulfone groups is 1. The highest BCUT2D eigenvalue weighted by atomic mass is 32.2. The van der Waals surface area contributed by atoms with Crippen molar-refractivity contribution >= 4 is 20.6 Å². The van der Waals surface area contributed by atoms with E-state index in [-0.39, 0.29) is 5.75 Å². The topological polar surface area (TPSA) is 37.4 Å². The van der Waals surface area contributed by atoms with Gasteiger partial charge in [-0.2, -0.15) is 0 Å². The van der Waals surface area contributed by atoms with Crippen molar-refractivity contribution in [2.24, 2.45) is 0 Å². The number of hydrogen-bond donors (Lipinski definition) is 0. The average molecular weight is 382 g/mol. The van der Waals surface area contributed by atoms with E-state index in [9.17, 15) is 8.42 Å². The molecule has 0 heterocycles. The van der Waals surface area contributed by atoms with Gasteiger partial charge in [0.15, 0.2) is 9.84 Å². The van der Waals surface area contributed by atoms with Gasteiger partial charge in [0.2, 0.25) is 0 Å². The molecule has 0 N–H and O–H groups in total. The molecule has 0 saturated heterocycles. The van der Waals surface area contributed by atoms with Crippen LogP contribution in [0.1, 0.15) is 18.4 Å². The third-order valence-electron chi connectivity index (χ3n) is 4.91. The van der Waals surface area contributed by atoms with Crippen LogP contribution in [0.15, 0.2) is 77.7 Å². The maximum Gasteiger partial charge on any atom is 0.178 e. The molecule has 0 aliphatic rings. The van der Waals surface area contributed by atoms with Crippen LogP contribution in [0.25, 0.3) is 10.8 Å². The molecular weight excluding hydrogens is 354 g/mol. The summed E-state index contributed by atoms with van der Waals surface area (Å²) in [4.78, 5) is 2.70. The molecule has 0 amide bonds. The third kappa shape index (κ3) is 5.65. The van der Waals surface area contributed by atoms with E-state index >= 15 is 0 Å². The number of likely N-dealkylation sites (N-methyl/N-ethyl adjacent to an activating group) is 1. The molecule has 0 saturated carbocycles. The number of nitrogens with zero attached hydrogens (tertiary/aromatic N) is 1. The minimum absolute atomic E-state index is 0.206. The smallest absolute Gasteiger partial charge is 0.178 e. The molecular formula is C23H27NO2S. The van der Waals surface area contributed by atoms with Gasteiger partial charge in [-0.25, -0.2) is 8.42 Å². The standard InChI is InChI=1S/C23H27NO2S/c1-24(17-15-20-9-3-2-4-10-20)16-7-8-18-27(25,26)23-14-13-21-11-5-6-12-22(21)19-23/h2-6,9-14,19H,7-8,15-18H2,1H3. The van der Waals surface area contributed by atoms with Gasteiger partial charge in [-0.15, -0.1) is 0 Å². The van der Waals surface area contributed by atoms with Crippen LogP contribution < -0.4 is 0 Å². The Morgan fingerprint density at radius 3 is 2.26 bits per heavy atom. The molecule has 0 bridgehead atoms. The highest BCUT2D eigenvalue weighted by Crippen LogP contribution is 2.20. The summed E-state index contributed by atoms with van der Waals surface area (Å²) in [5, 5.41) is 2.04. The molecule has 0 fully saturated rings. The van der Waals surface area contributed by atoms with E-state index in [0.717, 1.165) is 36.7 Å². The van der Waals surface area contributed by atoms with Gasteiger partial charge in [-0.1, -0.05) is 60.7 Å². The molecule has 3 aromatic carbocycles. The molecule has 4 heteroatoms. The Morgan fingerprint density at radius 2 is 1.48 bits per heavy atom. The van der Waals surface area contributed by atoms with Crippen LogP contribution in [0.3, 0.4) is 0 Å². The van der Waals surface area contributed by atoms with Crippen molar-refractivity contribution in [2.45, 2.75) is 24.2 Å². The van der Waals surface area contributed by atoms with Crippen molar-refractivity contribution in [1.29, 1.82) is 0 Å². The predicted molar refractivity (Wildman–Crippen MR) is 113 cm³/mol. The second-order valence-corrected chi connectivity index (χ2v) is 9.18. The Morgan fingerprint density at radius 1 is 0.778 bits per heavy atom. The molecule has 0 unspecified atom stereocenters. The van der Waals surface area contributed by atoms with Gasteiger partial charge in [0.05, 0.1) is 10.6 Å². The van der Waals surface area contributed by atoms with Crippen LogP contribution in [0, 0.1) is 0 Å². The summed E-state index contributed by atoms with van der Waals surface area (Å²) in [6.45, 7) is 1.90. The monoisotopic (exact) mass is 381 g/mol. The van der Waals surface area contributed by atoms with E-state index in [1.165, 1.54) is 5.56 Å². The summed E-state index contributed by atoms with van der Waals surface area (Å²) in [5.74, 6) is 0.206. The first kappa shape index (κ1) is 19.6. The fraction of sp³-hybridized carbons (Fsp3) is 0.304. The average Bonchev–Trinajstić information content (AvgIpc) is 2.70. The van der Waals surface area contributed by atoms with Crippen LogP contribution in [-0.2, 0) is 16.3 Å². The van der Waals surface area contributed by atoms with Crippen LogP contribution in [0.2, 0.25) is 0 Å². The van der Waals surface area contributed by atoms with E-state index in [1.54, 1.807) is 12.1 Å². The third-order valence-corrected chi connectivity index (χ3v) is 6.71. The lowest BCUT2D eigenvalue weighted by atomic mass is 10.1. The number of fused-ring (bicyclic) bond motifs is 1. The zero-order valence-corrected chi connectivity index (χ0v) is 16.7. The van der Waals surface area contributed by atoms with Gasteiger partial charge < -0.3 is 4.90 Å². The largest absolute Gasteiger partial charge is 0.306 e. The summed E-state index contributed by atoms with van der Waals surface area (Å²) in [6, 6.07) is 23.7. The molecule has 0 aromatic heterocycles. The van der Waals surface area contributed by atoms with Crippen molar-refractivity contribution in [3.8, 4) is 0 Å². The van der Waals surface area contributed by atoms with Gasteiger partial charge in [0, 0.05) is 6.54 Å². The number of benzene rings is 3. The van der Waals surface area contributed by atoms with Crippen LogP contribution in [-0.4, -0.2) is 39.2 Å². The number of hydrogen-bond acceptors (Lipinski definition) is 3. The highest BCUT2D eigenvalue weighted by molar-refractivity contribution is 7.91. The van der Waals surface area contributed by atoms with E-state index in [2.05, 4.69) is 36.2 Å². The van der Waals surface area contributed by atoms with E-state index in [1.807, 2.05) is 36.4 Å². The van der Waals surface area contributed by atoms with Gasteiger partial charge in [-0.3, -0.25) is 0 Å². The lowest BCUT2D eigenvalue weighted by Gasteiger charge is -2.16. The lowest BCUT2D eigenvalue weighted by molar-refractivity contribution is 0.332. The van der Waals surface area contributed by atoms with Gasteiger partial charge in [0.25, 0.3) is 0 Å². The fourth-order valence-electron chi connectivity index (χ4n) is 3.23. The molecule has 0 aliphatic heterocycles. The van der Waals surface area contributed by atoms with Gasteiger partial charge >= 0.3 is 0 Å². The van der Waals surface area contributed by atoms with Crippen molar-refractivity contribution < 1.29 is 8.42 Å². The van der Waals surface area contributed by atoms with Gasteiger partial charge in [0.1, 0.15) is 0 Å². The lowest BCUT2D eigenvalue weighted by Crippen LogP contribution is -2.23. The highest BCUT2D eigenvalue weighted by Gasteiger charge is 2.14. The second-order valence-electron chi connectivity index (χ2n) is 7.07. The quantitative estimate of drug-likeness (QED) is 0.510. The second kappa shape index (κ2) is 9.16. The molecule has 0 spiro atoms. The number of rotatable bonds is 9. The van der Waals surface area contributed by atoms with Crippen molar-refractivity contribution in [3.63, 3.8) is 0 Å². The molecule has 0 radical (unpaired) electrons. The minimum atomic E-state index is -3.22. The summed E-state index contributed by atoms with van der Waals surface area (Å²) in [7, 11) is -1.13. The number of unbranched alkanes of at least 4 members (excludes halogenated alkanes) is 1. The summed E-state index contributed by atoms with van der Waals surface area (Å²) in [5.41, 5.74) is 1.34. The van der Waals surface area contributed by atoms with Crippen molar-refractivity contribution in [3.05, 3.63) is 78.4 Å². The summed E-state index contributed by atoms with van der Waals surface area (Å²) < 4.78 is 25.2. The molecule has 27 heavy (non-hydrogen) atoms. The Labute approximate surface area is 162 Å². The maximum atomic E-state index is 12.6. The normalized spacial score (nSPS) is 11.9. The van der Waals surface area contributed by atoms with Gasteiger partial charge in [-0.05, 0) is 61.3 Å². The van der Waals surface area contributed by atoms with E-state index in [0.29, 0.717) is 11.3 Å². The predicted octanol–water partition coefficient (Wildman–Crippen LogP) is 4.57. The van der Waals surface area contributed by atoms with Crippen molar-refractivity contribution in [1.82, 2.24) is 4.90 Å². The van der Waals surface area contributed by atoms with E-state index < -0.39 is 9.84 Å². The summed E-state index contributed by atoms with van der Waals surface area (Å²) >= 11 is 0. The molecule has 0 atom stereocenters. The van der Waals surface area contributed by atoms with Crippen LogP contribution >= 0.6 is 0 Å². The molecule has 142 valence electrons.